The standard InChI is InChI=1S/C22H42N2O2/c1-18(2)20(5)6-16-26-17-7-21(25)24-14-10-22(11-15-24)8-12-23(13-9-22)19(3)4/h18-20H,6-17H2,1-5H3. The minimum absolute atomic E-state index is 0.288. The number of amides is 1. The van der Waals surface area contributed by atoms with E-state index in [1.807, 2.05) is 0 Å². The van der Waals surface area contributed by atoms with Crippen LogP contribution in [0.25, 0.3) is 0 Å². The van der Waals surface area contributed by atoms with Gasteiger partial charge in [0, 0.05) is 25.7 Å². The maximum absolute atomic E-state index is 12.5. The minimum atomic E-state index is 0.288. The van der Waals surface area contributed by atoms with Crippen molar-refractivity contribution < 1.29 is 9.53 Å². The molecule has 1 unspecified atom stereocenters. The van der Waals surface area contributed by atoms with Crippen LogP contribution in [0.3, 0.4) is 0 Å². The molecule has 1 spiro atoms. The van der Waals surface area contributed by atoms with Gasteiger partial charge >= 0.3 is 0 Å². The largest absolute Gasteiger partial charge is 0.381 e. The molecule has 1 atom stereocenters. The van der Waals surface area contributed by atoms with Crippen LogP contribution in [-0.4, -0.2) is 61.1 Å². The lowest BCUT2D eigenvalue weighted by molar-refractivity contribution is -0.135. The van der Waals surface area contributed by atoms with E-state index in [0.29, 0.717) is 36.3 Å². The van der Waals surface area contributed by atoms with Crippen molar-refractivity contribution in [2.75, 3.05) is 39.4 Å². The predicted octanol–water partition coefficient (Wildman–Crippen LogP) is 4.19. The van der Waals surface area contributed by atoms with E-state index in [4.69, 9.17) is 4.74 Å². The summed E-state index contributed by atoms with van der Waals surface area (Å²) in [7, 11) is 0. The summed E-state index contributed by atoms with van der Waals surface area (Å²) < 4.78 is 5.71. The van der Waals surface area contributed by atoms with Gasteiger partial charge in [-0.15, -0.1) is 0 Å². The monoisotopic (exact) mass is 366 g/mol. The highest BCUT2D eigenvalue weighted by Crippen LogP contribution is 2.41. The lowest BCUT2D eigenvalue weighted by Crippen LogP contribution is -2.49. The van der Waals surface area contributed by atoms with Crippen LogP contribution in [-0.2, 0) is 9.53 Å². The maximum atomic E-state index is 12.5. The summed E-state index contributed by atoms with van der Waals surface area (Å²) >= 11 is 0. The fraction of sp³-hybridized carbons (Fsp3) is 0.955. The number of nitrogens with zero attached hydrogens (tertiary/aromatic N) is 2. The quantitative estimate of drug-likeness (QED) is 0.604. The molecule has 2 aliphatic rings. The Morgan fingerprint density at radius 3 is 2.04 bits per heavy atom. The van der Waals surface area contributed by atoms with Crippen molar-refractivity contribution >= 4 is 5.91 Å². The minimum Gasteiger partial charge on any atom is -0.381 e. The summed E-state index contributed by atoms with van der Waals surface area (Å²) in [4.78, 5) is 17.1. The molecular weight excluding hydrogens is 324 g/mol. The molecule has 2 fully saturated rings. The second-order valence-corrected chi connectivity index (χ2v) is 9.38. The van der Waals surface area contributed by atoms with Crippen LogP contribution >= 0.6 is 0 Å². The lowest BCUT2D eigenvalue weighted by atomic mass is 9.71. The van der Waals surface area contributed by atoms with Gasteiger partial charge in [0.2, 0.25) is 5.91 Å². The molecule has 2 heterocycles. The zero-order chi connectivity index (χ0) is 19.2. The average Bonchev–Trinajstić information content (AvgIpc) is 2.62. The van der Waals surface area contributed by atoms with Gasteiger partial charge in [-0.05, 0) is 76.3 Å². The molecule has 2 rings (SSSR count). The molecule has 0 saturated carbocycles. The second-order valence-electron chi connectivity index (χ2n) is 9.38. The molecular formula is C22H42N2O2. The molecule has 0 aromatic rings. The van der Waals surface area contributed by atoms with E-state index in [1.165, 1.54) is 38.8 Å². The smallest absolute Gasteiger partial charge is 0.224 e. The average molecular weight is 367 g/mol. The van der Waals surface area contributed by atoms with E-state index in [-0.39, 0.29) is 5.91 Å². The van der Waals surface area contributed by atoms with Gasteiger partial charge in [0.1, 0.15) is 0 Å². The second kappa shape index (κ2) is 10.1. The van der Waals surface area contributed by atoms with E-state index in [1.54, 1.807) is 0 Å². The van der Waals surface area contributed by atoms with Crippen molar-refractivity contribution in [1.82, 2.24) is 9.80 Å². The third kappa shape index (κ3) is 6.23. The first kappa shape index (κ1) is 21.7. The summed E-state index contributed by atoms with van der Waals surface area (Å²) in [5.74, 6) is 1.68. The summed E-state index contributed by atoms with van der Waals surface area (Å²) in [5, 5.41) is 0. The third-order valence-corrected chi connectivity index (χ3v) is 7.08. The molecule has 2 saturated heterocycles. The summed E-state index contributed by atoms with van der Waals surface area (Å²) in [6, 6.07) is 0.664. The fourth-order valence-electron chi connectivity index (χ4n) is 4.27. The van der Waals surface area contributed by atoms with Gasteiger partial charge in [-0.3, -0.25) is 4.79 Å². The summed E-state index contributed by atoms with van der Waals surface area (Å²) in [6.07, 6.45) is 6.64. The van der Waals surface area contributed by atoms with E-state index in [9.17, 15) is 4.79 Å². The van der Waals surface area contributed by atoms with E-state index in [0.717, 1.165) is 26.1 Å². The summed E-state index contributed by atoms with van der Waals surface area (Å²) in [5.41, 5.74) is 0.506. The van der Waals surface area contributed by atoms with Gasteiger partial charge in [-0.25, -0.2) is 0 Å². The number of carbonyl (C=O) groups is 1. The first-order chi connectivity index (χ1) is 12.3. The van der Waals surface area contributed by atoms with Gasteiger partial charge in [0.25, 0.3) is 0 Å². The molecule has 26 heavy (non-hydrogen) atoms. The molecule has 2 aliphatic heterocycles. The molecule has 0 N–H and O–H groups in total. The highest BCUT2D eigenvalue weighted by atomic mass is 16.5. The van der Waals surface area contributed by atoms with Gasteiger partial charge in [0.05, 0.1) is 13.0 Å². The Bertz CT molecular complexity index is 418. The topological polar surface area (TPSA) is 32.8 Å². The zero-order valence-electron chi connectivity index (χ0n) is 17.9. The van der Waals surface area contributed by atoms with Crippen molar-refractivity contribution in [2.45, 2.75) is 79.2 Å². The molecule has 0 aliphatic carbocycles. The number of rotatable bonds is 8. The van der Waals surface area contributed by atoms with Crippen LogP contribution in [0.5, 0.6) is 0 Å². The number of piperidine rings is 2. The normalized spacial score (nSPS) is 22.3. The number of hydrogen-bond acceptors (Lipinski definition) is 3. The van der Waals surface area contributed by atoms with Gasteiger partial charge in [-0.1, -0.05) is 20.8 Å². The number of likely N-dealkylation sites (tertiary alicyclic amines) is 2. The lowest BCUT2D eigenvalue weighted by Gasteiger charge is -2.47. The van der Waals surface area contributed by atoms with Crippen molar-refractivity contribution in [3.8, 4) is 0 Å². The Morgan fingerprint density at radius 1 is 0.923 bits per heavy atom. The number of ether oxygens (including phenoxy) is 1. The molecule has 4 nitrogen and oxygen atoms in total. The van der Waals surface area contributed by atoms with Crippen LogP contribution in [0.15, 0.2) is 0 Å². The van der Waals surface area contributed by atoms with Crippen LogP contribution in [0.1, 0.15) is 73.1 Å². The SMILES string of the molecule is CC(C)C(C)CCOCCC(=O)N1CCC2(CC1)CCN(C(C)C)CC2. The van der Waals surface area contributed by atoms with Crippen molar-refractivity contribution in [2.24, 2.45) is 17.3 Å². The Balaban J connectivity index is 1.61. The van der Waals surface area contributed by atoms with Crippen molar-refractivity contribution in [3.05, 3.63) is 0 Å². The Labute approximate surface area is 161 Å². The van der Waals surface area contributed by atoms with Gasteiger partial charge < -0.3 is 14.5 Å². The first-order valence-corrected chi connectivity index (χ1v) is 10.9. The summed E-state index contributed by atoms with van der Waals surface area (Å²) in [6.45, 7) is 17.1. The fourth-order valence-corrected chi connectivity index (χ4v) is 4.27. The van der Waals surface area contributed by atoms with Crippen molar-refractivity contribution in [1.29, 1.82) is 0 Å². The molecule has 1 amide bonds. The van der Waals surface area contributed by atoms with Gasteiger partial charge in [-0.2, -0.15) is 0 Å². The maximum Gasteiger partial charge on any atom is 0.224 e. The third-order valence-electron chi connectivity index (χ3n) is 7.08. The van der Waals surface area contributed by atoms with E-state index < -0.39 is 0 Å². The van der Waals surface area contributed by atoms with Gasteiger partial charge in [0.15, 0.2) is 0 Å². The molecule has 4 heteroatoms. The van der Waals surface area contributed by atoms with Crippen LogP contribution in [0, 0.1) is 17.3 Å². The van der Waals surface area contributed by atoms with Crippen molar-refractivity contribution in [3.63, 3.8) is 0 Å². The zero-order valence-corrected chi connectivity index (χ0v) is 17.9. The highest BCUT2D eigenvalue weighted by molar-refractivity contribution is 5.76. The number of hydrogen-bond donors (Lipinski definition) is 0. The van der Waals surface area contributed by atoms with Crippen LogP contribution in [0.4, 0.5) is 0 Å². The first-order valence-electron chi connectivity index (χ1n) is 10.9. The van der Waals surface area contributed by atoms with Crippen LogP contribution in [0.2, 0.25) is 0 Å². The van der Waals surface area contributed by atoms with E-state index >= 15 is 0 Å². The Hall–Kier alpha value is -0.610. The predicted molar refractivity (Wildman–Crippen MR) is 108 cm³/mol. The molecule has 152 valence electrons. The molecule has 0 aromatic heterocycles. The Morgan fingerprint density at radius 2 is 1.50 bits per heavy atom. The Kier molecular flexibility index (Phi) is 8.41. The van der Waals surface area contributed by atoms with Crippen LogP contribution < -0.4 is 0 Å². The van der Waals surface area contributed by atoms with E-state index in [2.05, 4.69) is 44.4 Å². The molecule has 0 aromatic carbocycles. The number of carbonyl (C=O) groups excluding carboxylic acids is 1. The highest BCUT2D eigenvalue weighted by Gasteiger charge is 2.38. The molecule has 0 bridgehead atoms. The molecule has 0 radical (unpaired) electrons.